The minimum atomic E-state index is -3.43. The highest BCUT2D eigenvalue weighted by atomic mass is 32.2. The number of nitrogens with one attached hydrogen (secondary N) is 1. The van der Waals surface area contributed by atoms with Gasteiger partial charge in [0.05, 0.1) is 24.4 Å². The number of imide groups is 1. The minimum Gasteiger partial charge on any atom is -0.490 e. The summed E-state index contributed by atoms with van der Waals surface area (Å²) in [6.07, 6.45) is 5.14. The summed E-state index contributed by atoms with van der Waals surface area (Å²) in [4.78, 5) is 28.3. The van der Waals surface area contributed by atoms with E-state index in [1.54, 1.807) is 23.6 Å². The summed E-state index contributed by atoms with van der Waals surface area (Å²) in [5.74, 6) is -0.480. The van der Waals surface area contributed by atoms with E-state index in [2.05, 4.69) is 10.3 Å². The number of nitrogens with zero attached hydrogens (tertiary/aromatic N) is 3. The van der Waals surface area contributed by atoms with Crippen LogP contribution in [0.4, 0.5) is 15.0 Å². The van der Waals surface area contributed by atoms with Crippen molar-refractivity contribution < 1.29 is 27.1 Å². The van der Waals surface area contributed by atoms with Gasteiger partial charge in [0.25, 0.3) is 0 Å². The SMILES string of the molecule is C[C@@H](CS(=O)(=O)CCn1cnc(N2CC(=O)NC2=O)c1)c1ccc(F)c(OCC2CC2)c1. The van der Waals surface area contributed by atoms with Crippen LogP contribution in [0.2, 0.25) is 0 Å². The molecule has 1 saturated carbocycles. The summed E-state index contributed by atoms with van der Waals surface area (Å²) in [5.41, 5.74) is 0.704. The lowest BCUT2D eigenvalue weighted by molar-refractivity contribution is -0.117. The third-order valence-corrected chi connectivity index (χ3v) is 7.36. The third-order valence-electron chi connectivity index (χ3n) is 5.55. The summed E-state index contributed by atoms with van der Waals surface area (Å²) in [7, 11) is -3.43. The van der Waals surface area contributed by atoms with Crippen molar-refractivity contribution in [1.82, 2.24) is 14.9 Å². The number of carbonyl (C=O) groups is 2. The van der Waals surface area contributed by atoms with Crippen molar-refractivity contribution in [3.05, 3.63) is 42.1 Å². The molecule has 2 aliphatic rings. The van der Waals surface area contributed by atoms with Gasteiger partial charge < -0.3 is 9.30 Å². The molecule has 2 aromatic rings. The molecule has 3 amide bonds. The van der Waals surface area contributed by atoms with E-state index in [4.69, 9.17) is 4.74 Å². The first-order valence-electron chi connectivity index (χ1n) is 10.5. The number of ether oxygens (including phenoxy) is 1. The lowest BCUT2D eigenvalue weighted by atomic mass is 10.0. The van der Waals surface area contributed by atoms with Gasteiger partial charge in [-0.3, -0.25) is 15.0 Å². The average molecular weight is 465 g/mol. The van der Waals surface area contributed by atoms with Crippen molar-refractivity contribution in [2.75, 3.05) is 29.6 Å². The topological polar surface area (TPSA) is 111 Å². The smallest absolute Gasteiger partial charge is 0.330 e. The van der Waals surface area contributed by atoms with Gasteiger partial charge in [0, 0.05) is 12.7 Å². The van der Waals surface area contributed by atoms with Gasteiger partial charge >= 0.3 is 6.03 Å². The van der Waals surface area contributed by atoms with Crippen LogP contribution in [0.1, 0.15) is 31.2 Å². The molecule has 0 spiro atoms. The molecule has 1 aliphatic carbocycles. The predicted octanol–water partition coefficient (Wildman–Crippen LogP) is 2.09. The number of aryl methyl sites for hydroxylation is 1. The Morgan fingerprint density at radius 1 is 1.31 bits per heavy atom. The number of rotatable bonds is 10. The van der Waals surface area contributed by atoms with Gasteiger partial charge in [-0.15, -0.1) is 0 Å². The van der Waals surface area contributed by atoms with Crippen molar-refractivity contribution in [1.29, 1.82) is 0 Å². The second-order valence-electron chi connectivity index (χ2n) is 8.37. The van der Waals surface area contributed by atoms with Crippen LogP contribution in [-0.4, -0.2) is 54.6 Å². The number of anilines is 1. The predicted molar refractivity (Wildman–Crippen MR) is 115 cm³/mol. The minimum absolute atomic E-state index is 0.0920. The molecular weight excluding hydrogens is 439 g/mol. The van der Waals surface area contributed by atoms with E-state index in [1.807, 2.05) is 0 Å². The molecule has 0 unspecified atom stereocenters. The number of hydrogen-bond donors (Lipinski definition) is 1. The largest absolute Gasteiger partial charge is 0.490 e. The number of aromatic nitrogens is 2. The fourth-order valence-corrected chi connectivity index (χ4v) is 5.08. The zero-order chi connectivity index (χ0) is 22.9. The van der Waals surface area contributed by atoms with Gasteiger partial charge in [0.15, 0.2) is 27.2 Å². The average Bonchev–Trinajstić information content (AvgIpc) is 3.33. The van der Waals surface area contributed by atoms with Crippen molar-refractivity contribution >= 4 is 27.6 Å². The summed E-state index contributed by atoms with van der Waals surface area (Å²) in [6.45, 7) is 2.31. The second-order valence-corrected chi connectivity index (χ2v) is 10.6. The molecule has 2 fully saturated rings. The van der Waals surface area contributed by atoms with Crippen LogP contribution >= 0.6 is 0 Å². The van der Waals surface area contributed by atoms with Crippen molar-refractivity contribution in [3.63, 3.8) is 0 Å². The first-order chi connectivity index (χ1) is 15.2. The first kappa shape index (κ1) is 22.3. The maximum Gasteiger partial charge on any atom is 0.330 e. The summed E-state index contributed by atoms with van der Waals surface area (Å²) in [5, 5.41) is 2.16. The number of hydrogen-bond acceptors (Lipinski definition) is 6. The number of imidazole rings is 1. The molecule has 1 aromatic carbocycles. The van der Waals surface area contributed by atoms with E-state index in [9.17, 15) is 22.4 Å². The van der Waals surface area contributed by atoms with Crippen LogP contribution in [0.15, 0.2) is 30.7 Å². The van der Waals surface area contributed by atoms with Gasteiger partial charge in [-0.1, -0.05) is 13.0 Å². The number of sulfone groups is 1. The molecular formula is C21H25FN4O5S. The fourth-order valence-electron chi connectivity index (χ4n) is 3.47. The maximum absolute atomic E-state index is 14.0. The molecule has 32 heavy (non-hydrogen) atoms. The molecule has 11 heteroatoms. The Bertz CT molecular complexity index is 1130. The van der Waals surface area contributed by atoms with E-state index in [0.717, 1.165) is 12.8 Å². The lowest BCUT2D eigenvalue weighted by Gasteiger charge is -2.15. The van der Waals surface area contributed by atoms with Gasteiger partial charge in [0.2, 0.25) is 5.91 Å². The Labute approximate surface area is 185 Å². The Kier molecular flexibility index (Phi) is 6.18. The van der Waals surface area contributed by atoms with Crippen LogP contribution in [0, 0.1) is 11.7 Å². The fraction of sp³-hybridized carbons (Fsp3) is 0.476. The summed E-state index contributed by atoms with van der Waals surface area (Å²) < 4.78 is 46.5. The molecule has 1 aliphatic heterocycles. The normalized spacial score (nSPS) is 17.5. The zero-order valence-electron chi connectivity index (χ0n) is 17.7. The van der Waals surface area contributed by atoms with Crippen LogP contribution in [0.3, 0.4) is 0 Å². The second kappa shape index (κ2) is 8.89. The number of halogens is 1. The molecule has 1 saturated heterocycles. The third kappa shape index (κ3) is 5.45. The molecule has 1 aromatic heterocycles. The zero-order valence-corrected chi connectivity index (χ0v) is 18.5. The first-order valence-corrected chi connectivity index (χ1v) is 12.3. The van der Waals surface area contributed by atoms with E-state index < -0.39 is 27.6 Å². The van der Waals surface area contributed by atoms with E-state index >= 15 is 0 Å². The molecule has 172 valence electrons. The van der Waals surface area contributed by atoms with Crippen LogP contribution < -0.4 is 15.0 Å². The molecule has 1 N–H and O–H groups in total. The van der Waals surface area contributed by atoms with Gasteiger partial charge in [-0.2, -0.15) is 0 Å². The highest BCUT2D eigenvalue weighted by molar-refractivity contribution is 7.91. The van der Waals surface area contributed by atoms with Crippen LogP contribution in [-0.2, 0) is 21.2 Å². The molecule has 1 atom stereocenters. The van der Waals surface area contributed by atoms with Crippen LogP contribution in [0.25, 0.3) is 0 Å². The van der Waals surface area contributed by atoms with Gasteiger partial charge in [-0.05, 0) is 42.4 Å². The quantitative estimate of drug-likeness (QED) is 0.539. The Morgan fingerprint density at radius 2 is 2.09 bits per heavy atom. The molecule has 2 heterocycles. The molecule has 4 rings (SSSR count). The Balaban J connectivity index is 1.33. The molecule has 9 nitrogen and oxygen atoms in total. The van der Waals surface area contributed by atoms with Crippen molar-refractivity contribution in [2.24, 2.45) is 5.92 Å². The highest BCUT2D eigenvalue weighted by Crippen LogP contribution is 2.31. The van der Waals surface area contributed by atoms with Gasteiger partial charge in [-0.25, -0.2) is 22.6 Å². The Morgan fingerprint density at radius 3 is 2.78 bits per heavy atom. The Hall–Kier alpha value is -2.95. The van der Waals surface area contributed by atoms with Crippen LogP contribution in [0.5, 0.6) is 5.75 Å². The number of benzene rings is 1. The maximum atomic E-state index is 14.0. The van der Waals surface area contributed by atoms with E-state index in [1.165, 1.54) is 23.5 Å². The molecule has 0 radical (unpaired) electrons. The van der Waals surface area contributed by atoms with Crippen molar-refractivity contribution in [3.8, 4) is 5.75 Å². The van der Waals surface area contributed by atoms with Crippen molar-refractivity contribution in [2.45, 2.75) is 32.2 Å². The highest BCUT2D eigenvalue weighted by Gasteiger charge is 2.29. The number of amides is 3. The summed E-state index contributed by atoms with van der Waals surface area (Å²) in [6, 6.07) is 3.93. The lowest BCUT2D eigenvalue weighted by Crippen LogP contribution is -2.28. The summed E-state index contributed by atoms with van der Waals surface area (Å²) >= 11 is 0. The monoisotopic (exact) mass is 464 g/mol. The number of urea groups is 1. The van der Waals surface area contributed by atoms with E-state index in [-0.39, 0.29) is 42.1 Å². The van der Waals surface area contributed by atoms with Gasteiger partial charge in [0.1, 0.15) is 6.54 Å². The number of carbonyl (C=O) groups excluding carboxylic acids is 2. The standard InChI is InChI=1S/C21H25FN4O5S/c1-14(16-4-5-17(22)18(8-16)31-11-15-2-3-15)12-32(29,30)7-6-25-9-19(23-13-25)26-10-20(27)24-21(26)28/h4-5,8-9,13-15H,2-3,6-7,10-12H2,1H3,(H,24,27,28)/t14-/m0/s1. The molecule has 0 bridgehead atoms. The van der Waals surface area contributed by atoms with E-state index in [0.29, 0.717) is 18.1 Å².